The normalized spacial score (nSPS) is 10.7. The second kappa shape index (κ2) is 8.03. The monoisotopic (exact) mass is 407 g/mol. The molecule has 0 fully saturated rings. The van der Waals surface area contributed by atoms with Gasteiger partial charge in [0, 0.05) is 17.4 Å². The van der Waals surface area contributed by atoms with Crippen LogP contribution in [0, 0.1) is 0 Å². The molecule has 150 valence electrons. The van der Waals surface area contributed by atoms with Gasteiger partial charge in [0.15, 0.2) is 0 Å². The molecule has 1 amide bonds. The molecule has 0 aliphatic rings. The predicted octanol–water partition coefficient (Wildman–Crippen LogP) is 3.77. The average molecular weight is 407 g/mol. The molecule has 0 atom stereocenters. The van der Waals surface area contributed by atoms with Crippen molar-refractivity contribution in [2.75, 3.05) is 5.32 Å². The first kappa shape index (κ1) is 18.4. The highest BCUT2D eigenvalue weighted by Gasteiger charge is 2.19. The molecule has 0 bridgehead atoms. The van der Waals surface area contributed by atoms with E-state index in [0.717, 1.165) is 16.9 Å². The molecule has 8 heteroatoms. The van der Waals surface area contributed by atoms with Crippen molar-refractivity contribution in [3.05, 3.63) is 103 Å². The maximum atomic E-state index is 13.2. The molecule has 5 rings (SSSR count). The highest BCUT2D eigenvalue weighted by molar-refractivity contribution is 6.08. The van der Waals surface area contributed by atoms with Crippen LogP contribution < -0.4 is 5.32 Å². The molecule has 5 aromatic rings. The first-order valence-electron chi connectivity index (χ1n) is 9.63. The van der Waals surface area contributed by atoms with E-state index >= 15 is 0 Å². The molecule has 3 aromatic carbocycles. The Morgan fingerprint density at radius 2 is 1.55 bits per heavy atom. The fourth-order valence-electron chi connectivity index (χ4n) is 3.27. The van der Waals surface area contributed by atoms with E-state index < -0.39 is 0 Å². The Morgan fingerprint density at radius 1 is 0.806 bits per heavy atom. The fraction of sp³-hybridized carbons (Fsp3) is 0. The number of tetrazole rings is 1. The van der Waals surface area contributed by atoms with Crippen molar-refractivity contribution >= 4 is 11.6 Å². The molecule has 8 nitrogen and oxygen atoms in total. The predicted molar refractivity (Wildman–Crippen MR) is 116 cm³/mol. The van der Waals surface area contributed by atoms with Crippen LogP contribution in [0.4, 0.5) is 5.69 Å². The zero-order valence-electron chi connectivity index (χ0n) is 16.3. The Kier molecular flexibility index (Phi) is 4.78. The molecular weight excluding hydrogens is 390 g/mol. The molecule has 0 saturated heterocycles. The van der Waals surface area contributed by atoms with Crippen LogP contribution in [0.3, 0.4) is 0 Å². The van der Waals surface area contributed by atoms with Gasteiger partial charge in [-0.1, -0.05) is 54.6 Å². The van der Waals surface area contributed by atoms with Crippen molar-refractivity contribution in [2.45, 2.75) is 0 Å². The maximum Gasteiger partial charge on any atom is 0.259 e. The second-order valence-electron chi connectivity index (χ2n) is 6.80. The van der Waals surface area contributed by atoms with Crippen LogP contribution in [0.1, 0.15) is 10.4 Å². The molecule has 31 heavy (non-hydrogen) atoms. The number of carbonyl (C=O) groups is 1. The SMILES string of the molecule is O=C(Nc1cccc(-n2cnnn2)c1)c1cn(-c2ccccc2)nc1-c1ccccc1. The summed E-state index contributed by atoms with van der Waals surface area (Å²) in [7, 11) is 0. The van der Waals surface area contributed by atoms with Gasteiger partial charge in [0.25, 0.3) is 5.91 Å². The van der Waals surface area contributed by atoms with Crippen LogP contribution in [0.2, 0.25) is 0 Å². The van der Waals surface area contributed by atoms with Gasteiger partial charge in [0.05, 0.1) is 16.9 Å². The summed E-state index contributed by atoms with van der Waals surface area (Å²) in [5.41, 5.74) is 4.20. The van der Waals surface area contributed by atoms with Crippen molar-refractivity contribution in [1.82, 2.24) is 30.0 Å². The zero-order chi connectivity index (χ0) is 21.0. The molecule has 0 unspecified atom stereocenters. The van der Waals surface area contributed by atoms with Crippen LogP contribution in [0.25, 0.3) is 22.6 Å². The third kappa shape index (κ3) is 3.82. The van der Waals surface area contributed by atoms with Gasteiger partial charge in [-0.25, -0.2) is 9.36 Å². The minimum atomic E-state index is -0.255. The summed E-state index contributed by atoms with van der Waals surface area (Å²) >= 11 is 0. The summed E-state index contributed by atoms with van der Waals surface area (Å²) in [4.78, 5) is 13.2. The number of rotatable bonds is 5. The molecule has 0 radical (unpaired) electrons. The van der Waals surface area contributed by atoms with E-state index in [9.17, 15) is 4.79 Å². The molecular formula is C23H17N7O. The Hall–Kier alpha value is -4.59. The van der Waals surface area contributed by atoms with Crippen LogP contribution in [0.5, 0.6) is 0 Å². The van der Waals surface area contributed by atoms with E-state index in [1.807, 2.05) is 78.9 Å². The van der Waals surface area contributed by atoms with Gasteiger partial charge in [-0.3, -0.25) is 4.79 Å². The van der Waals surface area contributed by atoms with Gasteiger partial charge >= 0.3 is 0 Å². The third-order valence-corrected chi connectivity index (χ3v) is 4.74. The molecule has 0 aliphatic carbocycles. The number of carbonyl (C=O) groups excluding carboxylic acids is 1. The number of anilines is 1. The second-order valence-corrected chi connectivity index (χ2v) is 6.80. The number of benzene rings is 3. The van der Waals surface area contributed by atoms with Crippen molar-refractivity contribution in [1.29, 1.82) is 0 Å². The minimum Gasteiger partial charge on any atom is -0.322 e. The Bertz CT molecular complexity index is 1310. The summed E-state index contributed by atoms with van der Waals surface area (Å²) in [6, 6.07) is 26.7. The van der Waals surface area contributed by atoms with Gasteiger partial charge in [0.1, 0.15) is 12.0 Å². The highest BCUT2D eigenvalue weighted by atomic mass is 16.1. The number of nitrogens with one attached hydrogen (secondary N) is 1. The van der Waals surface area contributed by atoms with Crippen molar-refractivity contribution < 1.29 is 4.79 Å². The van der Waals surface area contributed by atoms with Crippen molar-refractivity contribution in [2.24, 2.45) is 0 Å². The molecule has 0 saturated carbocycles. The summed E-state index contributed by atoms with van der Waals surface area (Å²) in [5, 5.41) is 18.8. The Morgan fingerprint density at radius 3 is 2.29 bits per heavy atom. The molecule has 2 heterocycles. The lowest BCUT2D eigenvalue weighted by molar-refractivity contribution is 0.102. The van der Waals surface area contributed by atoms with Gasteiger partial charge < -0.3 is 5.32 Å². The first-order valence-corrected chi connectivity index (χ1v) is 9.63. The average Bonchev–Trinajstić information content (AvgIpc) is 3.51. The van der Waals surface area contributed by atoms with Gasteiger partial charge in [-0.05, 0) is 40.8 Å². The summed E-state index contributed by atoms with van der Waals surface area (Å²) in [5.74, 6) is -0.255. The number of hydrogen-bond donors (Lipinski definition) is 1. The fourth-order valence-corrected chi connectivity index (χ4v) is 3.27. The van der Waals surface area contributed by atoms with E-state index in [2.05, 4.69) is 20.8 Å². The van der Waals surface area contributed by atoms with Gasteiger partial charge in [-0.15, -0.1) is 5.10 Å². The lowest BCUT2D eigenvalue weighted by atomic mass is 10.1. The molecule has 0 spiro atoms. The number of para-hydroxylation sites is 1. The molecule has 0 aliphatic heterocycles. The number of nitrogens with zero attached hydrogens (tertiary/aromatic N) is 6. The first-order chi connectivity index (χ1) is 15.3. The lowest BCUT2D eigenvalue weighted by Gasteiger charge is -2.07. The van der Waals surface area contributed by atoms with Crippen LogP contribution in [0.15, 0.2) is 97.5 Å². The summed E-state index contributed by atoms with van der Waals surface area (Å²) in [6.07, 6.45) is 3.25. The number of amides is 1. The third-order valence-electron chi connectivity index (χ3n) is 4.74. The van der Waals surface area contributed by atoms with E-state index in [4.69, 9.17) is 5.10 Å². The standard InChI is InChI=1S/C23H17N7O/c31-23(25-18-10-7-13-20(14-18)30-16-24-27-28-30)21-15-29(19-11-5-2-6-12-19)26-22(21)17-8-3-1-4-9-17/h1-16H,(H,25,31). The topological polar surface area (TPSA) is 90.5 Å². The van der Waals surface area contributed by atoms with Gasteiger partial charge in [-0.2, -0.15) is 5.10 Å². The van der Waals surface area contributed by atoms with E-state index in [-0.39, 0.29) is 5.91 Å². The Balaban J connectivity index is 1.51. The highest BCUT2D eigenvalue weighted by Crippen LogP contribution is 2.25. The van der Waals surface area contributed by atoms with Crippen LogP contribution >= 0.6 is 0 Å². The van der Waals surface area contributed by atoms with E-state index in [1.54, 1.807) is 16.9 Å². The summed E-state index contributed by atoms with van der Waals surface area (Å²) in [6.45, 7) is 0. The number of hydrogen-bond acceptors (Lipinski definition) is 5. The van der Waals surface area contributed by atoms with Crippen LogP contribution in [-0.4, -0.2) is 35.9 Å². The van der Waals surface area contributed by atoms with Gasteiger partial charge in [0.2, 0.25) is 0 Å². The van der Waals surface area contributed by atoms with Crippen molar-refractivity contribution in [3.63, 3.8) is 0 Å². The maximum absolute atomic E-state index is 13.2. The summed E-state index contributed by atoms with van der Waals surface area (Å²) < 4.78 is 3.24. The largest absolute Gasteiger partial charge is 0.322 e. The quantitative estimate of drug-likeness (QED) is 0.479. The molecule has 2 aromatic heterocycles. The van der Waals surface area contributed by atoms with Crippen LogP contribution in [-0.2, 0) is 0 Å². The van der Waals surface area contributed by atoms with E-state index in [0.29, 0.717) is 16.9 Å². The van der Waals surface area contributed by atoms with Crippen molar-refractivity contribution in [3.8, 4) is 22.6 Å². The number of aromatic nitrogens is 6. The van der Waals surface area contributed by atoms with E-state index in [1.165, 1.54) is 11.0 Å². The lowest BCUT2D eigenvalue weighted by Crippen LogP contribution is -2.12. The minimum absolute atomic E-state index is 0.255. The molecule has 1 N–H and O–H groups in total. The zero-order valence-corrected chi connectivity index (χ0v) is 16.3. The smallest absolute Gasteiger partial charge is 0.259 e. The Labute approximate surface area is 177 Å².